The van der Waals surface area contributed by atoms with Crippen LogP contribution in [0.25, 0.3) is 5.69 Å². The van der Waals surface area contributed by atoms with Crippen LogP contribution in [0.4, 0.5) is 0 Å². The zero-order chi connectivity index (χ0) is 18.7. The number of tetrazole rings is 1. The number of aromatic nitrogens is 4. The average molecular weight is 367 g/mol. The molecule has 0 fully saturated rings. The Balaban J connectivity index is 1.97. The van der Waals surface area contributed by atoms with Gasteiger partial charge < -0.3 is 4.90 Å². The van der Waals surface area contributed by atoms with E-state index >= 15 is 0 Å². The highest BCUT2D eigenvalue weighted by Crippen LogP contribution is 2.35. The minimum atomic E-state index is -0.414. The van der Waals surface area contributed by atoms with Crippen LogP contribution in [-0.4, -0.2) is 45.1 Å². The van der Waals surface area contributed by atoms with Gasteiger partial charge in [0.25, 0.3) is 0 Å². The highest BCUT2D eigenvalue weighted by Gasteiger charge is 2.26. The molecule has 26 heavy (non-hydrogen) atoms. The van der Waals surface area contributed by atoms with Crippen LogP contribution in [-0.2, 0) is 4.79 Å². The maximum absolute atomic E-state index is 12.7. The van der Waals surface area contributed by atoms with Crippen molar-refractivity contribution in [2.24, 2.45) is 0 Å². The van der Waals surface area contributed by atoms with E-state index in [2.05, 4.69) is 29.4 Å². The van der Waals surface area contributed by atoms with Crippen molar-refractivity contribution in [3.05, 3.63) is 65.2 Å². The lowest BCUT2D eigenvalue weighted by molar-refractivity contribution is -0.128. The summed E-state index contributed by atoms with van der Waals surface area (Å²) in [6.07, 6.45) is 0. The topological polar surface area (TPSA) is 63.9 Å². The summed E-state index contributed by atoms with van der Waals surface area (Å²) in [7, 11) is 3.51. The smallest absolute Gasteiger partial charge is 0.240 e. The van der Waals surface area contributed by atoms with Crippen LogP contribution < -0.4 is 0 Å². The third-order valence-corrected chi connectivity index (χ3v) is 5.34. The standard InChI is InChI=1S/C19H21N5OS/c1-13-10-11-16(12-14(13)2)24-19(20-21-22-24)26-17(18(25)23(3)4)15-8-6-5-7-9-15/h5-12,17H,1-4H3/t17-/m0/s1. The summed E-state index contributed by atoms with van der Waals surface area (Å²) >= 11 is 1.35. The Morgan fingerprint density at radius 2 is 1.81 bits per heavy atom. The van der Waals surface area contributed by atoms with Crippen molar-refractivity contribution in [3.8, 4) is 5.69 Å². The number of thioether (sulfide) groups is 1. The summed E-state index contributed by atoms with van der Waals surface area (Å²) in [5.74, 6) is -0.00385. The minimum absolute atomic E-state index is 0.00385. The number of carbonyl (C=O) groups is 1. The van der Waals surface area contributed by atoms with E-state index in [1.807, 2.05) is 48.5 Å². The SMILES string of the molecule is Cc1ccc(-n2nnnc2S[C@H](C(=O)N(C)C)c2ccccc2)cc1C. The molecule has 0 aliphatic heterocycles. The molecule has 0 unspecified atom stereocenters. The normalized spacial score (nSPS) is 12.0. The molecule has 0 aliphatic carbocycles. The Morgan fingerprint density at radius 1 is 1.08 bits per heavy atom. The van der Waals surface area contributed by atoms with Crippen molar-refractivity contribution < 1.29 is 4.79 Å². The summed E-state index contributed by atoms with van der Waals surface area (Å²) < 4.78 is 1.68. The van der Waals surface area contributed by atoms with Crippen LogP contribution in [0.3, 0.4) is 0 Å². The average Bonchev–Trinajstić information content (AvgIpc) is 3.10. The molecular weight excluding hydrogens is 346 g/mol. The second-order valence-electron chi connectivity index (χ2n) is 6.28. The van der Waals surface area contributed by atoms with E-state index in [9.17, 15) is 4.79 Å². The first-order chi connectivity index (χ1) is 12.5. The summed E-state index contributed by atoms with van der Waals surface area (Å²) in [5, 5.41) is 12.2. The maximum atomic E-state index is 12.7. The molecule has 1 heterocycles. The van der Waals surface area contributed by atoms with Gasteiger partial charge >= 0.3 is 0 Å². The van der Waals surface area contributed by atoms with Crippen molar-refractivity contribution >= 4 is 17.7 Å². The summed E-state index contributed by atoms with van der Waals surface area (Å²) in [6.45, 7) is 4.12. The number of hydrogen-bond acceptors (Lipinski definition) is 5. The molecule has 2 aromatic carbocycles. The summed E-state index contributed by atoms with van der Waals surface area (Å²) in [6, 6.07) is 15.8. The fraction of sp³-hybridized carbons (Fsp3) is 0.263. The number of carbonyl (C=O) groups excluding carboxylic acids is 1. The number of amides is 1. The van der Waals surface area contributed by atoms with E-state index < -0.39 is 5.25 Å². The number of benzene rings is 2. The molecule has 0 N–H and O–H groups in total. The molecule has 1 aromatic heterocycles. The van der Waals surface area contributed by atoms with Crippen LogP contribution in [0.15, 0.2) is 53.7 Å². The van der Waals surface area contributed by atoms with E-state index in [0.29, 0.717) is 5.16 Å². The molecule has 0 saturated carbocycles. The fourth-order valence-electron chi connectivity index (χ4n) is 2.50. The van der Waals surface area contributed by atoms with Gasteiger partial charge in [-0.25, -0.2) is 0 Å². The number of likely N-dealkylation sites (N-methyl/N-ethyl adjacent to an activating group) is 1. The molecule has 1 atom stereocenters. The van der Waals surface area contributed by atoms with Gasteiger partial charge in [0.2, 0.25) is 11.1 Å². The second kappa shape index (κ2) is 7.70. The van der Waals surface area contributed by atoms with E-state index in [0.717, 1.165) is 16.8 Å². The van der Waals surface area contributed by atoms with Crippen LogP contribution in [0.2, 0.25) is 0 Å². The molecule has 0 bridgehead atoms. The van der Waals surface area contributed by atoms with Crippen LogP contribution in [0.1, 0.15) is 21.9 Å². The Labute approximate surface area is 157 Å². The van der Waals surface area contributed by atoms with Crippen molar-refractivity contribution in [1.29, 1.82) is 0 Å². The fourth-order valence-corrected chi connectivity index (χ4v) is 3.64. The molecule has 7 heteroatoms. The second-order valence-corrected chi connectivity index (χ2v) is 7.36. The van der Waals surface area contributed by atoms with E-state index in [-0.39, 0.29) is 5.91 Å². The number of rotatable bonds is 5. The number of nitrogens with zero attached hydrogens (tertiary/aromatic N) is 5. The Morgan fingerprint density at radius 3 is 2.46 bits per heavy atom. The lowest BCUT2D eigenvalue weighted by atomic mass is 10.1. The monoisotopic (exact) mass is 367 g/mol. The highest BCUT2D eigenvalue weighted by atomic mass is 32.2. The van der Waals surface area contributed by atoms with Gasteiger partial charge in [-0.15, -0.1) is 5.10 Å². The van der Waals surface area contributed by atoms with Crippen molar-refractivity contribution in [2.45, 2.75) is 24.3 Å². The number of aryl methyl sites for hydroxylation is 2. The number of hydrogen-bond donors (Lipinski definition) is 0. The van der Waals surface area contributed by atoms with Gasteiger partial charge in [0, 0.05) is 14.1 Å². The molecule has 0 saturated heterocycles. The first-order valence-corrected chi connectivity index (χ1v) is 9.14. The van der Waals surface area contributed by atoms with Crippen LogP contribution in [0.5, 0.6) is 0 Å². The van der Waals surface area contributed by atoms with Crippen molar-refractivity contribution in [2.75, 3.05) is 14.1 Å². The molecule has 134 valence electrons. The molecule has 0 spiro atoms. The Kier molecular flexibility index (Phi) is 5.37. The first-order valence-electron chi connectivity index (χ1n) is 8.26. The van der Waals surface area contributed by atoms with E-state index in [1.54, 1.807) is 23.7 Å². The Bertz CT molecular complexity index is 907. The lowest BCUT2D eigenvalue weighted by Crippen LogP contribution is -2.27. The molecule has 0 aliphatic rings. The van der Waals surface area contributed by atoms with E-state index in [4.69, 9.17) is 0 Å². The molecule has 3 rings (SSSR count). The molecule has 1 amide bonds. The molecule has 3 aromatic rings. The first kappa shape index (κ1) is 18.1. The largest absolute Gasteiger partial charge is 0.348 e. The molecule has 0 radical (unpaired) electrons. The Hall–Kier alpha value is -2.67. The van der Waals surface area contributed by atoms with Gasteiger partial charge in [-0.1, -0.05) is 48.2 Å². The van der Waals surface area contributed by atoms with Crippen molar-refractivity contribution in [1.82, 2.24) is 25.1 Å². The highest BCUT2D eigenvalue weighted by molar-refractivity contribution is 8.00. The molecular formula is C19H21N5OS. The zero-order valence-electron chi connectivity index (χ0n) is 15.2. The predicted molar refractivity (Wildman–Crippen MR) is 102 cm³/mol. The lowest BCUT2D eigenvalue weighted by Gasteiger charge is -2.20. The van der Waals surface area contributed by atoms with Gasteiger partial charge in [0.15, 0.2) is 0 Å². The van der Waals surface area contributed by atoms with Gasteiger partial charge in [-0.3, -0.25) is 4.79 Å². The van der Waals surface area contributed by atoms with Gasteiger partial charge in [-0.05, 0) is 53.1 Å². The molecule has 6 nitrogen and oxygen atoms in total. The minimum Gasteiger partial charge on any atom is -0.348 e. The summed E-state index contributed by atoms with van der Waals surface area (Å²) in [5.41, 5.74) is 4.18. The van der Waals surface area contributed by atoms with Crippen LogP contribution >= 0.6 is 11.8 Å². The third-order valence-electron chi connectivity index (χ3n) is 4.17. The zero-order valence-corrected chi connectivity index (χ0v) is 16.1. The maximum Gasteiger partial charge on any atom is 0.240 e. The predicted octanol–water partition coefficient (Wildman–Crippen LogP) is 3.20. The van der Waals surface area contributed by atoms with Gasteiger partial charge in [0.05, 0.1) is 5.69 Å². The summed E-state index contributed by atoms with van der Waals surface area (Å²) in [4.78, 5) is 14.3. The van der Waals surface area contributed by atoms with Crippen molar-refractivity contribution in [3.63, 3.8) is 0 Å². The van der Waals surface area contributed by atoms with Gasteiger partial charge in [0.1, 0.15) is 5.25 Å². The van der Waals surface area contributed by atoms with Crippen LogP contribution in [0, 0.1) is 13.8 Å². The quantitative estimate of drug-likeness (QED) is 0.648. The van der Waals surface area contributed by atoms with E-state index in [1.165, 1.54) is 17.3 Å². The third kappa shape index (κ3) is 3.77. The van der Waals surface area contributed by atoms with Gasteiger partial charge in [-0.2, -0.15) is 4.68 Å².